The molecule has 1 aromatic heterocycles. The molecule has 0 amide bonds. The van der Waals surface area contributed by atoms with Crippen LogP contribution in [0, 0.1) is 13.8 Å². The molecule has 0 spiro atoms. The number of hydrogen-bond donors (Lipinski definition) is 2. The van der Waals surface area contributed by atoms with Gasteiger partial charge in [0.2, 0.25) is 0 Å². The maximum atomic E-state index is 5.46. The summed E-state index contributed by atoms with van der Waals surface area (Å²) in [6.07, 6.45) is 0. The molecule has 140 valence electrons. The van der Waals surface area contributed by atoms with Crippen molar-refractivity contribution in [3.05, 3.63) is 70.0 Å². The van der Waals surface area contributed by atoms with Crippen LogP contribution in [0.2, 0.25) is 0 Å². The lowest BCUT2D eigenvalue weighted by Crippen LogP contribution is -2.20. The summed E-state index contributed by atoms with van der Waals surface area (Å²) in [5.74, 6) is 0.775. The highest BCUT2D eigenvalue weighted by Crippen LogP contribution is 2.22. The van der Waals surface area contributed by atoms with Crippen LogP contribution in [0.25, 0.3) is 0 Å². The summed E-state index contributed by atoms with van der Waals surface area (Å²) in [5.41, 5.74) is 4.91. The van der Waals surface area contributed by atoms with Gasteiger partial charge in [-0.15, -0.1) is 0 Å². The van der Waals surface area contributed by atoms with Crippen molar-refractivity contribution < 1.29 is 4.74 Å². The normalized spacial score (nSPS) is 10.5. The average Bonchev–Trinajstić information content (AvgIpc) is 2.91. The number of nitrogens with zero attached hydrogens (tertiary/aromatic N) is 2. The zero-order valence-corrected chi connectivity index (χ0v) is 17.8. The Kier molecular flexibility index (Phi) is 6.13. The van der Waals surface area contributed by atoms with E-state index in [1.807, 2.05) is 54.9 Å². The molecule has 5 nitrogen and oxygen atoms in total. The fourth-order valence-electron chi connectivity index (χ4n) is 2.77. The van der Waals surface area contributed by atoms with Crippen LogP contribution in [-0.2, 0) is 6.54 Å². The topological polar surface area (TPSA) is 51.1 Å². The molecule has 0 atom stereocenters. The predicted octanol–water partition coefficient (Wildman–Crippen LogP) is 5.13. The molecule has 0 bridgehead atoms. The van der Waals surface area contributed by atoms with Gasteiger partial charge in [-0.2, -0.15) is 5.10 Å². The molecule has 2 N–H and O–H groups in total. The Hall–Kier alpha value is -2.38. The molecule has 0 saturated carbocycles. The first kappa shape index (κ1) is 19.4. The Morgan fingerprint density at radius 1 is 1.15 bits per heavy atom. The molecule has 0 radical (unpaired) electrons. The predicted molar refractivity (Wildman–Crippen MR) is 118 cm³/mol. The monoisotopic (exact) mass is 444 g/mol. The fourth-order valence-corrected chi connectivity index (χ4v) is 3.26. The lowest BCUT2D eigenvalue weighted by Gasteiger charge is -2.12. The van der Waals surface area contributed by atoms with Gasteiger partial charge in [-0.25, -0.2) is 0 Å². The van der Waals surface area contributed by atoms with Crippen molar-refractivity contribution in [3.63, 3.8) is 0 Å². The minimum Gasteiger partial charge on any atom is -0.497 e. The van der Waals surface area contributed by atoms with Crippen LogP contribution in [0.3, 0.4) is 0 Å². The maximum Gasteiger partial charge on any atom is 0.175 e. The van der Waals surface area contributed by atoms with E-state index >= 15 is 0 Å². The summed E-state index contributed by atoms with van der Waals surface area (Å²) in [6, 6.07) is 15.9. The Morgan fingerprint density at radius 2 is 1.89 bits per heavy atom. The number of thiocarbonyl (C=S) groups is 1. The molecule has 0 unspecified atom stereocenters. The molecular formula is C20H21BrN4OS. The molecule has 0 fully saturated rings. The van der Waals surface area contributed by atoms with Gasteiger partial charge < -0.3 is 15.4 Å². The third kappa shape index (κ3) is 4.87. The van der Waals surface area contributed by atoms with Crippen molar-refractivity contribution in [2.24, 2.45) is 0 Å². The molecule has 0 aliphatic heterocycles. The Morgan fingerprint density at radius 3 is 2.59 bits per heavy atom. The van der Waals surface area contributed by atoms with Crippen molar-refractivity contribution in [1.29, 1.82) is 0 Å². The molecule has 0 saturated heterocycles. The summed E-state index contributed by atoms with van der Waals surface area (Å²) in [7, 11) is 1.64. The van der Waals surface area contributed by atoms with Gasteiger partial charge in [-0.3, -0.25) is 4.68 Å². The van der Waals surface area contributed by atoms with E-state index in [-0.39, 0.29) is 0 Å². The van der Waals surface area contributed by atoms with Gasteiger partial charge in [0, 0.05) is 16.2 Å². The average molecular weight is 445 g/mol. The van der Waals surface area contributed by atoms with Crippen LogP contribution < -0.4 is 15.4 Å². The summed E-state index contributed by atoms with van der Waals surface area (Å²) in [4.78, 5) is 0. The fraction of sp³-hybridized carbons (Fsp3) is 0.200. The Balaban J connectivity index is 1.72. The number of rotatable bonds is 5. The highest BCUT2D eigenvalue weighted by molar-refractivity contribution is 9.10. The molecule has 3 rings (SSSR count). The number of methoxy groups -OCH3 is 1. The number of halogens is 1. The second-order valence-electron chi connectivity index (χ2n) is 6.14. The highest BCUT2D eigenvalue weighted by Gasteiger charge is 2.13. The van der Waals surface area contributed by atoms with Gasteiger partial charge in [0.25, 0.3) is 0 Å². The van der Waals surface area contributed by atoms with Crippen LogP contribution >= 0.6 is 28.1 Å². The molecule has 7 heteroatoms. The lowest BCUT2D eigenvalue weighted by atomic mass is 10.2. The molecular weight excluding hydrogens is 424 g/mol. The minimum atomic E-state index is 0.512. The molecule has 3 aromatic rings. The van der Waals surface area contributed by atoms with E-state index in [4.69, 9.17) is 17.0 Å². The SMILES string of the molecule is COc1cccc(NC(=S)Nc2c(C)nn(Cc3ccc(Br)cc3)c2C)c1. The van der Waals surface area contributed by atoms with Crippen molar-refractivity contribution in [2.45, 2.75) is 20.4 Å². The third-order valence-electron chi connectivity index (χ3n) is 4.19. The first-order chi connectivity index (χ1) is 13.0. The van der Waals surface area contributed by atoms with Crippen LogP contribution in [0.1, 0.15) is 17.0 Å². The van der Waals surface area contributed by atoms with Crippen molar-refractivity contribution in [1.82, 2.24) is 9.78 Å². The molecule has 1 heterocycles. The minimum absolute atomic E-state index is 0.512. The number of aromatic nitrogens is 2. The first-order valence-corrected chi connectivity index (χ1v) is 9.67. The Bertz CT molecular complexity index is 953. The second kappa shape index (κ2) is 8.54. The zero-order chi connectivity index (χ0) is 19.4. The molecule has 0 aliphatic rings. The molecule has 27 heavy (non-hydrogen) atoms. The number of hydrogen-bond acceptors (Lipinski definition) is 3. The van der Waals surface area contributed by atoms with Gasteiger partial charge in [-0.1, -0.05) is 34.1 Å². The smallest absolute Gasteiger partial charge is 0.175 e. The van der Waals surface area contributed by atoms with Gasteiger partial charge in [0.1, 0.15) is 5.75 Å². The van der Waals surface area contributed by atoms with Gasteiger partial charge in [0.05, 0.1) is 30.7 Å². The molecule has 2 aromatic carbocycles. The highest BCUT2D eigenvalue weighted by atomic mass is 79.9. The van der Waals surface area contributed by atoms with Crippen molar-refractivity contribution in [2.75, 3.05) is 17.7 Å². The maximum absolute atomic E-state index is 5.46. The third-order valence-corrected chi connectivity index (χ3v) is 4.93. The standard InChI is InChI=1S/C20H21BrN4OS/c1-13-19(23-20(27)22-17-5-4-6-18(11-17)26-3)14(2)25(24-13)12-15-7-9-16(21)10-8-15/h4-11H,12H2,1-3H3,(H2,22,23,27). The van der Waals surface area contributed by atoms with Crippen molar-refractivity contribution in [3.8, 4) is 5.75 Å². The summed E-state index contributed by atoms with van der Waals surface area (Å²) >= 11 is 8.93. The Labute approximate surface area is 172 Å². The summed E-state index contributed by atoms with van der Waals surface area (Å²) in [5, 5.41) is 11.6. The largest absolute Gasteiger partial charge is 0.497 e. The van der Waals surface area contributed by atoms with E-state index in [9.17, 15) is 0 Å². The van der Waals surface area contributed by atoms with Crippen LogP contribution in [-0.4, -0.2) is 22.0 Å². The second-order valence-corrected chi connectivity index (χ2v) is 7.46. The number of ether oxygens (including phenoxy) is 1. The van der Waals surface area contributed by atoms with E-state index in [0.29, 0.717) is 11.7 Å². The van der Waals surface area contributed by atoms with Crippen molar-refractivity contribution >= 4 is 44.6 Å². The van der Waals surface area contributed by atoms with E-state index in [2.05, 4.69) is 43.8 Å². The number of aryl methyl sites for hydroxylation is 1. The summed E-state index contributed by atoms with van der Waals surface area (Å²) in [6.45, 7) is 4.72. The number of nitrogens with one attached hydrogen (secondary N) is 2. The van der Waals surface area contributed by atoms with Crippen LogP contribution in [0.15, 0.2) is 53.0 Å². The number of anilines is 2. The number of benzene rings is 2. The van der Waals surface area contributed by atoms with Gasteiger partial charge >= 0.3 is 0 Å². The first-order valence-electron chi connectivity index (χ1n) is 8.47. The summed E-state index contributed by atoms with van der Waals surface area (Å²) < 4.78 is 8.29. The van der Waals surface area contributed by atoms with E-state index in [1.165, 1.54) is 5.56 Å². The zero-order valence-electron chi connectivity index (χ0n) is 15.4. The van der Waals surface area contributed by atoms with Gasteiger partial charge in [-0.05, 0) is 55.9 Å². The van der Waals surface area contributed by atoms with E-state index < -0.39 is 0 Å². The quantitative estimate of drug-likeness (QED) is 0.534. The van der Waals surface area contributed by atoms with Crippen LogP contribution in [0.4, 0.5) is 11.4 Å². The van der Waals surface area contributed by atoms with Gasteiger partial charge in [0.15, 0.2) is 5.11 Å². The van der Waals surface area contributed by atoms with E-state index in [1.54, 1.807) is 7.11 Å². The van der Waals surface area contributed by atoms with E-state index in [0.717, 1.165) is 33.0 Å². The van der Waals surface area contributed by atoms with Crippen LogP contribution in [0.5, 0.6) is 5.75 Å². The molecule has 0 aliphatic carbocycles. The lowest BCUT2D eigenvalue weighted by molar-refractivity contribution is 0.415.